The second kappa shape index (κ2) is 7.80. The zero-order chi connectivity index (χ0) is 18.4. The van der Waals surface area contributed by atoms with Crippen LogP contribution >= 0.6 is 0 Å². The van der Waals surface area contributed by atoms with Crippen LogP contribution in [0.15, 0.2) is 53.4 Å². The number of aromatic carboxylic acids is 1. The lowest BCUT2D eigenvalue weighted by Gasteiger charge is -2.11. The van der Waals surface area contributed by atoms with Crippen LogP contribution in [0.2, 0.25) is 0 Å². The van der Waals surface area contributed by atoms with Gasteiger partial charge in [-0.05, 0) is 30.3 Å². The van der Waals surface area contributed by atoms with Crippen LogP contribution in [0.4, 0.5) is 5.69 Å². The SMILES string of the molecule is CC(=O)Oc1ccc(NCCS(=O)(=O)c2ccccc2)cc1C(=O)O. The smallest absolute Gasteiger partial charge is 0.339 e. The maximum absolute atomic E-state index is 12.2. The van der Waals surface area contributed by atoms with Crippen LogP contribution in [0, 0.1) is 0 Å². The Morgan fingerprint density at radius 3 is 2.40 bits per heavy atom. The van der Waals surface area contributed by atoms with Gasteiger partial charge in [0.2, 0.25) is 0 Å². The summed E-state index contributed by atoms with van der Waals surface area (Å²) in [4.78, 5) is 22.5. The minimum atomic E-state index is -3.43. The van der Waals surface area contributed by atoms with Crippen LogP contribution in [-0.4, -0.2) is 37.8 Å². The van der Waals surface area contributed by atoms with Gasteiger partial charge >= 0.3 is 11.9 Å². The molecule has 0 atom stereocenters. The zero-order valence-electron chi connectivity index (χ0n) is 13.4. The monoisotopic (exact) mass is 363 g/mol. The third-order valence-electron chi connectivity index (χ3n) is 3.27. The van der Waals surface area contributed by atoms with Crippen LogP contribution in [0.1, 0.15) is 17.3 Å². The fraction of sp³-hybridized carbons (Fsp3) is 0.176. The normalized spacial score (nSPS) is 10.9. The van der Waals surface area contributed by atoms with E-state index in [-0.39, 0.29) is 28.5 Å². The van der Waals surface area contributed by atoms with Gasteiger partial charge in [-0.25, -0.2) is 13.2 Å². The van der Waals surface area contributed by atoms with Crippen molar-refractivity contribution in [1.29, 1.82) is 0 Å². The first kappa shape index (κ1) is 18.5. The molecular formula is C17H17NO6S. The maximum atomic E-state index is 12.2. The van der Waals surface area contributed by atoms with Crippen molar-refractivity contribution in [3.8, 4) is 5.75 Å². The summed E-state index contributed by atoms with van der Waals surface area (Å²) in [5, 5.41) is 12.1. The molecule has 0 aromatic heterocycles. The molecule has 8 heteroatoms. The average Bonchev–Trinajstić information content (AvgIpc) is 2.56. The lowest BCUT2D eigenvalue weighted by Crippen LogP contribution is -2.16. The van der Waals surface area contributed by atoms with Gasteiger partial charge in [-0.3, -0.25) is 4.79 Å². The van der Waals surface area contributed by atoms with Gasteiger partial charge in [0.25, 0.3) is 0 Å². The second-order valence-electron chi connectivity index (χ2n) is 5.17. The van der Waals surface area contributed by atoms with Gasteiger partial charge in [-0.2, -0.15) is 0 Å². The van der Waals surface area contributed by atoms with E-state index in [0.29, 0.717) is 5.69 Å². The maximum Gasteiger partial charge on any atom is 0.339 e. The number of carbonyl (C=O) groups is 2. The van der Waals surface area contributed by atoms with Crippen LogP contribution in [-0.2, 0) is 14.6 Å². The number of hydrogen-bond acceptors (Lipinski definition) is 6. The summed E-state index contributed by atoms with van der Waals surface area (Å²) in [6.45, 7) is 1.27. The van der Waals surface area contributed by atoms with E-state index < -0.39 is 21.8 Å². The molecule has 0 heterocycles. The van der Waals surface area contributed by atoms with Crippen molar-refractivity contribution in [3.05, 3.63) is 54.1 Å². The first-order valence-electron chi connectivity index (χ1n) is 7.37. The minimum absolute atomic E-state index is 0.0672. The minimum Gasteiger partial charge on any atom is -0.478 e. The van der Waals surface area contributed by atoms with Crippen molar-refractivity contribution in [2.75, 3.05) is 17.6 Å². The van der Waals surface area contributed by atoms with Gasteiger partial charge in [0.15, 0.2) is 9.84 Å². The number of ether oxygens (including phenoxy) is 1. The van der Waals surface area contributed by atoms with Crippen LogP contribution < -0.4 is 10.1 Å². The molecule has 0 saturated heterocycles. The highest BCUT2D eigenvalue weighted by molar-refractivity contribution is 7.91. The molecule has 2 rings (SSSR count). The Morgan fingerprint density at radius 2 is 1.80 bits per heavy atom. The molecule has 0 bridgehead atoms. The quantitative estimate of drug-likeness (QED) is 0.573. The van der Waals surface area contributed by atoms with E-state index in [1.807, 2.05) is 0 Å². The molecule has 0 aliphatic carbocycles. The molecule has 2 N–H and O–H groups in total. The molecule has 25 heavy (non-hydrogen) atoms. The first-order valence-corrected chi connectivity index (χ1v) is 9.02. The summed E-state index contributed by atoms with van der Waals surface area (Å²) in [7, 11) is -3.43. The Hall–Kier alpha value is -2.87. The summed E-state index contributed by atoms with van der Waals surface area (Å²) < 4.78 is 29.2. The fourth-order valence-electron chi connectivity index (χ4n) is 2.13. The van der Waals surface area contributed by atoms with E-state index in [4.69, 9.17) is 4.74 Å². The summed E-state index contributed by atoms with van der Waals surface area (Å²) in [5.41, 5.74) is 0.225. The van der Waals surface area contributed by atoms with E-state index in [1.54, 1.807) is 18.2 Å². The van der Waals surface area contributed by atoms with Gasteiger partial charge in [0.05, 0.1) is 10.6 Å². The number of rotatable bonds is 7. The Bertz CT molecular complexity index is 877. The van der Waals surface area contributed by atoms with E-state index >= 15 is 0 Å². The highest BCUT2D eigenvalue weighted by Gasteiger charge is 2.16. The van der Waals surface area contributed by atoms with E-state index in [2.05, 4.69) is 5.32 Å². The van der Waals surface area contributed by atoms with Crippen LogP contribution in [0.25, 0.3) is 0 Å². The number of sulfone groups is 1. The van der Waals surface area contributed by atoms with Crippen LogP contribution in [0.5, 0.6) is 5.75 Å². The Morgan fingerprint density at radius 1 is 1.12 bits per heavy atom. The number of benzene rings is 2. The number of anilines is 1. The van der Waals surface area contributed by atoms with Crippen LogP contribution in [0.3, 0.4) is 0 Å². The zero-order valence-corrected chi connectivity index (χ0v) is 14.2. The molecule has 2 aromatic carbocycles. The highest BCUT2D eigenvalue weighted by atomic mass is 32.2. The molecule has 7 nitrogen and oxygen atoms in total. The van der Waals surface area contributed by atoms with E-state index in [1.165, 1.54) is 37.3 Å². The number of esters is 1. The standard InChI is InChI=1S/C17H17NO6S/c1-12(19)24-16-8-7-13(11-15(16)17(20)21)18-9-10-25(22,23)14-5-3-2-4-6-14/h2-8,11,18H,9-10H2,1H3,(H,20,21). The second-order valence-corrected chi connectivity index (χ2v) is 7.28. The molecule has 0 saturated carbocycles. The van der Waals surface area contributed by atoms with Gasteiger partial charge in [0.1, 0.15) is 11.3 Å². The number of carboxylic acids is 1. The average molecular weight is 363 g/mol. The predicted octanol–water partition coefficient (Wildman–Crippen LogP) is 2.20. The largest absolute Gasteiger partial charge is 0.478 e. The fourth-order valence-corrected chi connectivity index (χ4v) is 3.30. The predicted molar refractivity (Wildman–Crippen MR) is 91.7 cm³/mol. The van der Waals surface area contributed by atoms with Crippen molar-refractivity contribution >= 4 is 27.5 Å². The Kier molecular flexibility index (Phi) is 5.76. The van der Waals surface area contributed by atoms with Crippen molar-refractivity contribution in [2.24, 2.45) is 0 Å². The van der Waals surface area contributed by atoms with Gasteiger partial charge < -0.3 is 15.2 Å². The Balaban J connectivity index is 2.07. The molecule has 0 spiro atoms. The third-order valence-corrected chi connectivity index (χ3v) is 5.00. The lowest BCUT2D eigenvalue weighted by molar-refractivity contribution is -0.131. The molecule has 0 radical (unpaired) electrons. The lowest BCUT2D eigenvalue weighted by atomic mass is 10.1. The topological polar surface area (TPSA) is 110 Å². The molecule has 132 valence electrons. The molecule has 0 unspecified atom stereocenters. The number of hydrogen-bond donors (Lipinski definition) is 2. The van der Waals surface area contributed by atoms with Gasteiger partial charge in [-0.15, -0.1) is 0 Å². The van der Waals surface area contributed by atoms with Crippen molar-refractivity contribution in [2.45, 2.75) is 11.8 Å². The first-order chi connectivity index (χ1) is 11.8. The van der Waals surface area contributed by atoms with E-state index in [0.717, 1.165) is 0 Å². The number of carbonyl (C=O) groups excluding carboxylic acids is 1. The molecular weight excluding hydrogens is 346 g/mol. The van der Waals surface area contributed by atoms with E-state index in [9.17, 15) is 23.1 Å². The van der Waals surface area contributed by atoms with Crippen molar-refractivity contribution < 1.29 is 27.9 Å². The molecule has 0 amide bonds. The highest BCUT2D eigenvalue weighted by Crippen LogP contribution is 2.23. The van der Waals surface area contributed by atoms with Crippen molar-refractivity contribution in [1.82, 2.24) is 0 Å². The summed E-state index contributed by atoms with van der Waals surface area (Å²) in [6.07, 6.45) is 0. The summed E-state index contributed by atoms with van der Waals surface area (Å²) in [5.74, 6) is -2.10. The molecule has 2 aromatic rings. The molecule has 0 aliphatic heterocycles. The summed E-state index contributed by atoms with van der Waals surface area (Å²) in [6, 6.07) is 12.2. The Labute approximate surface area is 145 Å². The molecule has 0 fully saturated rings. The molecule has 0 aliphatic rings. The number of carboxylic acid groups (broad SMARTS) is 1. The van der Waals surface area contributed by atoms with Gasteiger partial charge in [-0.1, -0.05) is 18.2 Å². The summed E-state index contributed by atoms with van der Waals surface area (Å²) >= 11 is 0. The third kappa shape index (κ3) is 5.05. The van der Waals surface area contributed by atoms with Gasteiger partial charge in [0, 0.05) is 19.2 Å². The number of nitrogens with one attached hydrogen (secondary N) is 1. The van der Waals surface area contributed by atoms with Crippen molar-refractivity contribution in [3.63, 3.8) is 0 Å².